The molecular formula is C24H22FN3O4S. The molecule has 3 aromatic carbocycles. The average Bonchev–Trinajstić information content (AvgIpc) is 2.80. The molecule has 2 N–H and O–H groups in total. The molecule has 0 aromatic heterocycles. The maximum absolute atomic E-state index is 13.3. The lowest BCUT2D eigenvalue weighted by Crippen LogP contribution is -2.35. The van der Waals surface area contributed by atoms with Gasteiger partial charge in [0, 0.05) is 29.9 Å². The number of rotatable bonds is 6. The molecule has 1 aliphatic rings. The molecule has 1 fully saturated rings. The molecule has 0 unspecified atom stereocenters. The molecule has 3 aromatic rings. The Labute approximate surface area is 191 Å². The first-order valence-electron chi connectivity index (χ1n) is 10.4. The number of hydrogen-bond donors (Lipinski definition) is 2. The number of nitrogens with one attached hydrogen (secondary N) is 2. The number of halogens is 1. The van der Waals surface area contributed by atoms with Crippen molar-refractivity contribution in [2.75, 3.05) is 21.5 Å². The summed E-state index contributed by atoms with van der Waals surface area (Å²) in [6.07, 6.45) is 2.39. The maximum Gasteiger partial charge on any atom is 0.261 e. The molecule has 170 valence electrons. The summed E-state index contributed by atoms with van der Waals surface area (Å²) in [6.45, 7) is 0.674. The molecule has 0 saturated carbocycles. The van der Waals surface area contributed by atoms with Crippen LogP contribution in [-0.2, 0) is 14.8 Å². The Kier molecular flexibility index (Phi) is 6.41. The van der Waals surface area contributed by atoms with Crippen molar-refractivity contribution in [3.05, 3.63) is 84.2 Å². The quantitative estimate of drug-likeness (QED) is 0.562. The fourth-order valence-electron chi connectivity index (χ4n) is 3.56. The van der Waals surface area contributed by atoms with E-state index in [4.69, 9.17) is 0 Å². The van der Waals surface area contributed by atoms with E-state index in [1.807, 2.05) is 0 Å². The molecule has 0 atom stereocenters. The van der Waals surface area contributed by atoms with Gasteiger partial charge in [-0.05, 0) is 79.6 Å². The standard InChI is InChI=1S/C24H22FN3O4S/c25-18-4-3-5-20(16-18)27-33(31,32)22-13-9-19(10-14-22)26-24(30)17-7-11-21(12-8-17)28-15-2-1-6-23(28)29/h3-5,7-14,16,27H,1-2,6,15H2,(H,26,30). The molecule has 9 heteroatoms. The fourth-order valence-corrected chi connectivity index (χ4v) is 4.61. The minimum Gasteiger partial charge on any atom is -0.322 e. The number of benzene rings is 3. The molecule has 0 aliphatic carbocycles. The summed E-state index contributed by atoms with van der Waals surface area (Å²) in [5.41, 5.74) is 1.70. The molecule has 1 saturated heterocycles. The summed E-state index contributed by atoms with van der Waals surface area (Å²) in [6, 6.07) is 17.6. The number of anilines is 3. The van der Waals surface area contributed by atoms with Crippen LogP contribution in [-0.4, -0.2) is 26.8 Å². The van der Waals surface area contributed by atoms with Crippen molar-refractivity contribution in [1.29, 1.82) is 0 Å². The van der Waals surface area contributed by atoms with Crippen molar-refractivity contribution in [2.45, 2.75) is 24.2 Å². The lowest BCUT2D eigenvalue weighted by molar-refractivity contribution is -0.119. The molecule has 2 amide bonds. The van der Waals surface area contributed by atoms with Gasteiger partial charge < -0.3 is 10.2 Å². The highest BCUT2D eigenvalue weighted by Crippen LogP contribution is 2.22. The van der Waals surface area contributed by atoms with Crippen LogP contribution in [0.25, 0.3) is 0 Å². The molecule has 1 aliphatic heterocycles. The van der Waals surface area contributed by atoms with Gasteiger partial charge in [0.25, 0.3) is 15.9 Å². The van der Waals surface area contributed by atoms with E-state index in [1.165, 1.54) is 42.5 Å². The normalized spacial score (nSPS) is 14.1. The Hall–Kier alpha value is -3.72. The molecule has 7 nitrogen and oxygen atoms in total. The van der Waals surface area contributed by atoms with Crippen LogP contribution >= 0.6 is 0 Å². The number of carbonyl (C=O) groups excluding carboxylic acids is 2. The number of piperidine rings is 1. The second-order valence-electron chi connectivity index (χ2n) is 7.64. The third kappa shape index (κ3) is 5.38. The third-order valence-corrected chi connectivity index (χ3v) is 6.66. The van der Waals surface area contributed by atoms with Crippen molar-refractivity contribution in [2.24, 2.45) is 0 Å². The van der Waals surface area contributed by atoms with Crippen LogP contribution in [0.5, 0.6) is 0 Å². The maximum atomic E-state index is 13.3. The molecule has 0 spiro atoms. The molecule has 0 bridgehead atoms. The Bertz CT molecular complexity index is 1280. The van der Waals surface area contributed by atoms with Crippen LogP contribution in [0.1, 0.15) is 29.6 Å². The zero-order valence-corrected chi connectivity index (χ0v) is 18.4. The van der Waals surface area contributed by atoms with E-state index >= 15 is 0 Å². The first-order valence-corrected chi connectivity index (χ1v) is 11.9. The Morgan fingerprint density at radius 3 is 2.30 bits per heavy atom. The van der Waals surface area contributed by atoms with Crippen molar-refractivity contribution in [1.82, 2.24) is 0 Å². The lowest BCUT2D eigenvalue weighted by atomic mass is 10.1. The largest absolute Gasteiger partial charge is 0.322 e. The number of hydrogen-bond acceptors (Lipinski definition) is 4. The minimum absolute atomic E-state index is 0.0275. The molecule has 1 heterocycles. The Morgan fingerprint density at radius 2 is 1.64 bits per heavy atom. The van der Waals surface area contributed by atoms with E-state index < -0.39 is 15.8 Å². The summed E-state index contributed by atoms with van der Waals surface area (Å²) in [5, 5.41) is 2.72. The summed E-state index contributed by atoms with van der Waals surface area (Å²) in [4.78, 5) is 26.3. The highest BCUT2D eigenvalue weighted by molar-refractivity contribution is 7.92. The van der Waals surface area contributed by atoms with E-state index in [-0.39, 0.29) is 22.4 Å². The van der Waals surface area contributed by atoms with Gasteiger partial charge in [0.1, 0.15) is 5.82 Å². The topological polar surface area (TPSA) is 95.6 Å². The summed E-state index contributed by atoms with van der Waals surface area (Å²) in [7, 11) is -3.91. The smallest absolute Gasteiger partial charge is 0.261 e. The van der Waals surface area contributed by atoms with Gasteiger partial charge in [-0.25, -0.2) is 12.8 Å². The van der Waals surface area contributed by atoms with Crippen LogP contribution in [0.3, 0.4) is 0 Å². The van der Waals surface area contributed by atoms with Gasteiger partial charge in [0.05, 0.1) is 10.6 Å². The van der Waals surface area contributed by atoms with E-state index in [9.17, 15) is 22.4 Å². The summed E-state index contributed by atoms with van der Waals surface area (Å²) in [5.74, 6) is -0.829. The van der Waals surface area contributed by atoms with E-state index in [0.29, 0.717) is 24.2 Å². The third-order valence-electron chi connectivity index (χ3n) is 5.26. The van der Waals surface area contributed by atoms with E-state index in [1.54, 1.807) is 29.2 Å². The second-order valence-corrected chi connectivity index (χ2v) is 9.33. The number of nitrogens with zero attached hydrogens (tertiary/aromatic N) is 1. The van der Waals surface area contributed by atoms with Crippen LogP contribution < -0.4 is 14.9 Å². The van der Waals surface area contributed by atoms with Crippen molar-refractivity contribution in [3.63, 3.8) is 0 Å². The Balaban J connectivity index is 1.41. The fraction of sp³-hybridized carbons (Fsp3) is 0.167. The average molecular weight is 468 g/mol. The SMILES string of the molecule is O=C(Nc1ccc(S(=O)(=O)Nc2cccc(F)c2)cc1)c1ccc(N2CCCCC2=O)cc1. The zero-order chi connectivity index (χ0) is 23.4. The lowest BCUT2D eigenvalue weighted by Gasteiger charge is -2.26. The first-order chi connectivity index (χ1) is 15.8. The zero-order valence-electron chi connectivity index (χ0n) is 17.6. The number of sulfonamides is 1. The first kappa shape index (κ1) is 22.5. The molecule has 4 rings (SSSR count). The van der Waals surface area contributed by atoms with Gasteiger partial charge in [-0.3, -0.25) is 14.3 Å². The monoisotopic (exact) mass is 467 g/mol. The number of amides is 2. The highest BCUT2D eigenvalue weighted by atomic mass is 32.2. The summed E-state index contributed by atoms with van der Waals surface area (Å²) < 4.78 is 40.6. The van der Waals surface area contributed by atoms with Gasteiger partial charge in [0.15, 0.2) is 0 Å². The Morgan fingerprint density at radius 1 is 0.909 bits per heavy atom. The minimum atomic E-state index is -3.91. The van der Waals surface area contributed by atoms with Gasteiger partial charge in [-0.1, -0.05) is 6.07 Å². The van der Waals surface area contributed by atoms with Gasteiger partial charge in [-0.2, -0.15) is 0 Å². The van der Waals surface area contributed by atoms with Crippen LogP contribution in [0.4, 0.5) is 21.5 Å². The van der Waals surface area contributed by atoms with Crippen molar-refractivity contribution >= 4 is 38.9 Å². The highest BCUT2D eigenvalue weighted by Gasteiger charge is 2.20. The van der Waals surface area contributed by atoms with Crippen molar-refractivity contribution in [3.8, 4) is 0 Å². The van der Waals surface area contributed by atoms with E-state index in [0.717, 1.165) is 24.6 Å². The molecule has 33 heavy (non-hydrogen) atoms. The van der Waals surface area contributed by atoms with Crippen LogP contribution in [0.2, 0.25) is 0 Å². The predicted molar refractivity (Wildman–Crippen MR) is 124 cm³/mol. The predicted octanol–water partition coefficient (Wildman–Crippen LogP) is 4.40. The van der Waals surface area contributed by atoms with Gasteiger partial charge >= 0.3 is 0 Å². The summed E-state index contributed by atoms with van der Waals surface area (Å²) >= 11 is 0. The number of carbonyl (C=O) groups is 2. The van der Waals surface area contributed by atoms with Crippen LogP contribution in [0, 0.1) is 5.82 Å². The molecular weight excluding hydrogens is 445 g/mol. The molecule has 0 radical (unpaired) electrons. The van der Waals surface area contributed by atoms with Gasteiger partial charge in [-0.15, -0.1) is 0 Å². The van der Waals surface area contributed by atoms with E-state index in [2.05, 4.69) is 10.0 Å². The van der Waals surface area contributed by atoms with Crippen molar-refractivity contribution < 1.29 is 22.4 Å². The second kappa shape index (κ2) is 9.41. The van der Waals surface area contributed by atoms with Crippen LogP contribution in [0.15, 0.2) is 77.7 Å². The van der Waals surface area contributed by atoms with Gasteiger partial charge in [0.2, 0.25) is 5.91 Å².